The van der Waals surface area contributed by atoms with Crippen LogP contribution in [0, 0.1) is 6.92 Å². The first-order chi connectivity index (χ1) is 19.5. The molecular weight excluding hydrogens is 565 g/mol. The Bertz CT molecular complexity index is 1350. The molecule has 0 aromatic carbocycles. The van der Waals surface area contributed by atoms with E-state index in [1.165, 1.54) is 35.5 Å². The summed E-state index contributed by atoms with van der Waals surface area (Å²) in [6, 6.07) is 1.22. The summed E-state index contributed by atoms with van der Waals surface area (Å²) in [5, 5.41) is 8.08. The molecule has 2 aliphatic heterocycles. The number of aryl methyl sites for hydroxylation is 1. The lowest BCUT2D eigenvalue weighted by Crippen LogP contribution is -2.44. The molecule has 2 aromatic rings. The summed E-state index contributed by atoms with van der Waals surface area (Å²) in [6.07, 6.45) is -1.14. The van der Waals surface area contributed by atoms with Crippen LogP contribution in [0.1, 0.15) is 45.5 Å². The average molecular weight is 602 g/mol. The Labute approximate surface area is 236 Å². The molecule has 16 nitrogen and oxygen atoms in total. The molecule has 41 heavy (non-hydrogen) atoms. The van der Waals surface area contributed by atoms with E-state index in [0.717, 1.165) is 11.0 Å². The quantitative estimate of drug-likeness (QED) is 0.181. The molecule has 2 aromatic heterocycles. The number of hydrogen-bond acceptors (Lipinski definition) is 13. The van der Waals surface area contributed by atoms with Crippen LogP contribution < -0.4 is 11.2 Å². The highest BCUT2D eigenvalue weighted by Crippen LogP contribution is 2.54. The van der Waals surface area contributed by atoms with Gasteiger partial charge in [-0.15, -0.1) is 5.10 Å². The lowest BCUT2D eigenvalue weighted by molar-refractivity contribution is -0.182. The summed E-state index contributed by atoms with van der Waals surface area (Å²) in [5.74, 6) is -0.530. The van der Waals surface area contributed by atoms with Crippen LogP contribution in [0.4, 0.5) is 0 Å². The Morgan fingerprint density at radius 1 is 1.24 bits per heavy atom. The Kier molecular flexibility index (Phi) is 10.3. The zero-order valence-electron chi connectivity index (χ0n) is 23.6. The van der Waals surface area contributed by atoms with Crippen molar-refractivity contribution in [2.45, 2.75) is 84.0 Å². The van der Waals surface area contributed by atoms with Crippen LogP contribution in [0.5, 0.6) is 0 Å². The molecule has 2 saturated heterocycles. The van der Waals surface area contributed by atoms with Crippen molar-refractivity contribution in [3.05, 3.63) is 45.0 Å². The number of carbonyl (C=O) groups excluding carboxylic acids is 1. The topological polar surface area (TPSA) is 173 Å². The number of nitrogens with zero attached hydrogens (tertiary/aromatic N) is 5. The van der Waals surface area contributed by atoms with E-state index in [2.05, 4.69) is 10.3 Å². The summed E-state index contributed by atoms with van der Waals surface area (Å²) in [5.41, 5.74) is -0.501. The van der Waals surface area contributed by atoms with Gasteiger partial charge in [-0.1, -0.05) is 5.21 Å². The van der Waals surface area contributed by atoms with Crippen LogP contribution in [0.25, 0.3) is 0 Å². The molecule has 17 heteroatoms. The number of phosphoric ester groups is 1. The van der Waals surface area contributed by atoms with Gasteiger partial charge in [0, 0.05) is 45.5 Å². The number of carbonyl (C=O) groups is 1. The van der Waals surface area contributed by atoms with E-state index in [9.17, 15) is 18.9 Å². The summed E-state index contributed by atoms with van der Waals surface area (Å²) < 4.78 is 58.0. The molecule has 0 bridgehead atoms. The number of ether oxygens (including phenoxy) is 4. The van der Waals surface area contributed by atoms with Crippen LogP contribution in [-0.2, 0) is 55.5 Å². The van der Waals surface area contributed by atoms with Crippen molar-refractivity contribution < 1.29 is 41.9 Å². The second-order valence-electron chi connectivity index (χ2n) is 9.94. The van der Waals surface area contributed by atoms with Crippen molar-refractivity contribution in [1.29, 1.82) is 0 Å². The molecule has 0 N–H and O–H groups in total. The largest absolute Gasteiger partial charge is 0.475 e. The molecule has 228 valence electrons. The molecule has 6 atom stereocenters. The standard InChI is InChI=1S/C24H36N5O11P/c1-15(2)39-41(33,36-12-11-34-17(4)30)40-21-18(14-28-13-16(3)25-26-28)37-23(22(21)38-20-7-6-10-35-20)29-9-8-19(31)27(5)24(29)32/h8-9,13,15,18,20-23H,6-7,10-12,14H2,1-5H3/t18-,20?,21?,22+,23-,41?/m1/s1. The van der Waals surface area contributed by atoms with Gasteiger partial charge in [0.1, 0.15) is 24.9 Å². The predicted molar refractivity (Wildman–Crippen MR) is 140 cm³/mol. The highest BCUT2D eigenvalue weighted by atomic mass is 31.2. The second-order valence-corrected chi connectivity index (χ2v) is 11.5. The van der Waals surface area contributed by atoms with Gasteiger partial charge in [0.15, 0.2) is 12.5 Å². The molecule has 0 spiro atoms. The normalized spacial score (nSPS) is 26.0. The second kappa shape index (κ2) is 13.5. The third-order valence-corrected chi connectivity index (χ3v) is 7.90. The summed E-state index contributed by atoms with van der Waals surface area (Å²) in [4.78, 5) is 36.4. The molecule has 0 amide bonds. The minimum Gasteiger partial charge on any atom is -0.463 e. The van der Waals surface area contributed by atoms with Gasteiger partial charge in [-0.25, -0.2) is 14.0 Å². The Balaban J connectivity index is 1.72. The van der Waals surface area contributed by atoms with Crippen molar-refractivity contribution >= 4 is 13.8 Å². The molecule has 0 saturated carbocycles. The van der Waals surface area contributed by atoms with Gasteiger partial charge < -0.3 is 18.9 Å². The highest BCUT2D eigenvalue weighted by molar-refractivity contribution is 7.48. The minimum atomic E-state index is -4.33. The van der Waals surface area contributed by atoms with Gasteiger partial charge in [-0.2, -0.15) is 0 Å². The number of aromatic nitrogens is 5. The van der Waals surface area contributed by atoms with Crippen molar-refractivity contribution in [1.82, 2.24) is 24.1 Å². The third kappa shape index (κ3) is 7.97. The molecule has 3 unspecified atom stereocenters. The Morgan fingerprint density at radius 2 is 2.02 bits per heavy atom. The average Bonchev–Trinajstić information content (AvgIpc) is 3.63. The fourth-order valence-corrected chi connectivity index (χ4v) is 6.00. The van der Waals surface area contributed by atoms with Crippen LogP contribution >= 0.6 is 7.82 Å². The Hall–Kier alpha value is -2.72. The summed E-state index contributed by atoms with van der Waals surface area (Å²) >= 11 is 0. The van der Waals surface area contributed by atoms with Gasteiger partial charge in [0.05, 0.1) is 24.9 Å². The van der Waals surface area contributed by atoms with E-state index in [1.54, 1.807) is 27.0 Å². The van der Waals surface area contributed by atoms with Crippen LogP contribution in [0.3, 0.4) is 0 Å². The van der Waals surface area contributed by atoms with Crippen molar-refractivity contribution in [3.63, 3.8) is 0 Å². The zero-order valence-corrected chi connectivity index (χ0v) is 24.5. The minimum absolute atomic E-state index is 0.0725. The fourth-order valence-electron chi connectivity index (χ4n) is 4.46. The highest BCUT2D eigenvalue weighted by Gasteiger charge is 2.52. The lowest BCUT2D eigenvalue weighted by atomic mass is 10.1. The maximum absolute atomic E-state index is 13.9. The predicted octanol–water partition coefficient (Wildman–Crippen LogP) is 1.06. The Morgan fingerprint density at radius 3 is 2.66 bits per heavy atom. The lowest BCUT2D eigenvalue weighted by Gasteiger charge is -2.30. The van der Waals surface area contributed by atoms with Gasteiger partial charge >= 0.3 is 19.5 Å². The summed E-state index contributed by atoms with van der Waals surface area (Å²) in [7, 11) is -2.99. The van der Waals surface area contributed by atoms with E-state index in [-0.39, 0.29) is 19.8 Å². The van der Waals surface area contributed by atoms with E-state index < -0.39 is 62.0 Å². The first kappa shape index (κ1) is 31.2. The fraction of sp³-hybridized carbons (Fsp3) is 0.708. The van der Waals surface area contributed by atoms with Crippen LogP contribution in [0.2, 0.25) is 0 Å². The molecule has 4 heterocycles. The summed E-state index contributed by atoms with van der Waals surface area (Å²) in [6.45, 7) is 6.41. The molecule has 0 aliphatic carbocycles. The van der Waals surface area contributed by atoms with Crippen LogP contribution in [-0.4, -0.2) is 80.6 Å². The molecule has 2 aliphatic rings. The molecule has 4 rings (SSSR count). The number of hydrogen-bond donors (Lipinski definition) is 0. The van der Waals surface area contributed by atoms with E-state index >= 15 is 0 Å². The van der Waals surface area contributed by atoms with Crippen molar-refractivity contribution in [2.75, 3.05) is 19.8 Å². The van der Waals surface area contributed by atoms with Crippen LogP contribution in [0.15, 0.2) is 28.0 Å². The number of esters is 1. The first-order valence-corrected chi connectivity index (χ1v) is 14.7. The zero-order chi connectivity index (χ0) is 29.7. The van der Waals surface area contributed by atoms with E-state index in [0.29, 0.717) is 18.7 Å². The number of phosphoric acid groups is 1. The molecule has 2 fully saturated rings. The SMILES string of the molecule is CC(=O)OCCOP(=O)(OC(C)C)OC1[C@@H](Cn2cc(C)nn2)O[C@@H](n2ccc(=O)n(C)c2=O)[C@H]1OC1CCCO1. The smallest absolute Gasteiger partial charge is 0.463 e. The van der Waals surface area contributed by atoms with E-state index in [4.69, 9.17) is 32.5 Å². The number of rotatable bonds is 13. The van der Waals surface area contributed by atoms with Gasteiger partial charge in [-0.05, 0) is 27.2 Å². The van der Waals surface area contributed by atoms with E-state index in [1.807, 2.05) is 0 Å². The monoisotopic (exact) mass is 601 g/mol. The third-order valence-electron chi connectivity index (χ3n) is 6.22. The van der Waals surface area contributed by atoms with Crippen molar-refractivity contribution in [2.24, 2.45) is 7.05 Å². The molecule has 0 radical (unpaired) electrons. The van der Waals surface area contributed by atoms with Gasteiger partial charge in [0.25, 0.3) is 5.56 Å². The van der Waals surface area contributed by atoms with Gasteiger partial charge in [-0.3, -0.25) is 32.3 Å². The maximum atomic E-state index is 13.9. The first-order valence-electron chi connectivity index (χ1n) is 13.3. The van der Waals surface area contributed by atoms with Crippen molar-refractivity contribution in [3.8, 4) is 0 Å². The van der Waals surface area contributed by atoms with Gasteiger partial charge in [0.2, 0.25) is 0 Å². The maximum Gasteiger partial charge on any atom is 0.475 e. The molecular formula is C24H36N5O11P.